The Balaban J connectivity index is 1.52. The van der Waals surface area contributed by atoms with Crippen molar-refractivity contribution in [2.45, 2.75) is 32.4 Å². The van der Waals surface area contributed by atoms with Crippen LogP contribution in [0.25, 0.3) is 31.6 Å². The lowest BCUT2D eigenvalue weighted by molar-refractivity contribution is 0.0791. The number of fused-ring (bicyclic) bond motifs is 2. The van der Waals surface area contributed by atoms with Crippen LogP contribution in [0.4, 0.5) is 4.39 Å². The molecule has 0 fully saturated rings. The lowest BCUT2D eigenvalue weighted by Gasteiger charge is -2.15. The summed E-state index contributed by atoms with van der Waals surface area (Å²) in [6.07, 6.45) is 3.83. The number of hydrogen-bond donors (Lipinski definition) is 0. The summed E-state index contributed by atoms with van der Waals surface area (Å²) < 4.78 is 24.6. The molecule has 0 saturated heterocycles. The van der Waals surface area contributed by atoms with Crippen LogP contribution in [-0.4, -0.2) is 34.2 Å². The van der Waals surface area contributed by atoms with Gasteiger partial charge in [0.25, 0.3) is 0 Å². The van der Waals surface area contributed by atoms with E-state index in [1.807, 2.05) is 29.2 Å². The van der Waals surface area contributed by atoms with Gasteiger partial charge < -0.3 is 4.74 Å². The van der Waals surface area contributed by atoms with Crippen LogP contribution in [0.1, 0.15) is 0 Å². The average molecular weight is 403 g/mol. The smallest absolute Gasteiger partial charge is 0.151 e. The summed E-state index contributed by atoms with van der Waals surface area (Å²) in [6, 6.07) is 6.68. The number of aryl methyl sites for hydroxylation is 1. The summed E-state index contributed by atoms with van der Waals surface area (Å²) in [7, 11) is 0.727. The Hall–Kier alpha value is -2.03. The Morgan fingerprint density at radius 3 is 2.70 bits per heavy atom. The van der Waals surface area contributed by atoms with Crippen molar-refractivity contribution in [1.82, 2.24) is 19.6 Å². The lowest BCUT2D eigenvalue weighted by atomic mass is 10.1. The number of ether oxygens (including phenoxy) is 1. The van der Waals surface area contributed by atoms with Crippen molar-refractivity contribution in [3.63, 3.8) is 0 Å². The second-order valence-corrected chi connectivity index (χ2v) is 14.8. The minimum Gasteiger partial charge on any atom is -0.360 e. The van der Waals surface area contributed by atoms with Crippen molar-refractivity contribution < 1.29 is 9.13 Å². The zero-order valence-electron chi connectivity index (χ0n) is 16.0. The van der Waals surface area contributed by atoms with E-state index in [9.17, 15) is 4.39 Å². The van der Waals surface area contributed by atoms with Gasteiger partial charge in [0.05, 0.1) is 4.70 Å². The number of halogens is 1. The van der Waals surface area contributed by atoms with Gasteiger partial charge in [0.1, 0.15) is 17.8 Å². The zero-order valence-corrected chi connectivity index (χ0v) is 17.8. The van der Waals surface area contributed by atoms with Crippen molar-refractivity contribution in [2.75, 3.05) is 6.61 Å². The molecule has 142 valence electrons. The maximum atomic E-state index is 14.3. The molecule has 0 N–H and O–H groups in total. The second-order valence-electron chi connectivity index (χ2n) is 8.08. The number of rotatable bonds is 6. The van der Waals surface area contributed by atoms with Gasteiger partial charge in [0, 0.05) is 44.4 Å². The van der Waals surface area contributed by atoms with Crippen molar-refractivity contribution in [3.05, 3.63) is 36.4 Å². The molecule has 0 spiro atoms. The molecule has 0 atom stereocenters. The van der Waals surface area contributed by atoms with Gasteiger partial charge in [-0.05, 0) is 29.8 Å². The number of thiophene rings is 1. The van der Waals surface area contributed by atoms with E-state index in [4.69, 9.17) is 4.74 Å². The fraction of sp³-hybridized carbons (Fsp3) is 0.368. The van der Waals surface area contributed by atoms with Gasteiger partial charge in [-0.3, -0.25) is 4.68 Å². The van der Waals surface area contributed by atoms with Crippen LogP contribution in [0.3, 0.4) is 0 Å². The molecule has 0 aliphatic carbocycles. The fourth-order valence-electron chi connectivity index (χ4n) is 2.97. The van der Waals surface area contributed by atoms with Gasteiger partial charge in [-0.1, -0.05) is 19.6 Å². The largest absolute Gasteiger partial charge is 0.360 e. The molecule has 0 unspecified atom stereocenters. The highest BCUT2D eigenvalue weighted by molar-refractivity contribution is 7.22. The first-order valence-electron chi connectivity index (χ1n) is 8.96. The van der Waals surface area contributed by atoms with E-state index in [0.29, 0.717) is 12.2 Å². The molecule has 0 saturated carbocycles. The topological polar surface area (TPSA) is 44.9 Å². The predicted molar refractivity (Wildman–Crippen MR) is 111 cm³/mol. The molecular formula is C19H23FN4OSSi. The minimum atomic E-state index is -1.07. The molecule has 4 aromatic rings. The summed E-state index contributed by atoms with van der Waals surface area (Å²) in [6.45, 7) is 8.27. The third kappa shape index (κ3) is 3.97. The Labute approximate surface area is 162 Å². The van der Waals surface area contributed by atoms with Crippen LogP contribution in [0.15, 0.2) is 30.6 Å². The van der Waals surface area contributed by atoms with Gasteiger partial charge in [-0.25, -0.2) is 9.07 Å². The van der Waals surface area contributed by atoms with E-state index in [1.54, 1.807) is 29.1 Å². The van der Waals surface area contributed by atoms with Crippen LogP contribution in [0.2, 0.25) is 25.7 Å². The average Bonchev–Trinajstić information content (AvgIpc) is 3.22. The maximum Gasteiger partial charge on any atom is 0.151 e. The van der Waals surface area contributed by atoms with Crippen molar-refractivity contribution in [1.29, 1.82) is 0 Å². The summed E-state index contributed by atoms with van der Waals surface area (Å²) in [5, 5.41) is 9.55. The van der Waals surface area contributed by atoms with Crippen LogP contribution in [0, 0.1) is 5.82 Å². The molecule has 5 nitrogen and oxygen atoms in total. The highest BCUT2D eigenvalue weighted by Crippen LogP contribution is 2.35. The SMILES string of the molecule is Cn1cc2cc(-c3cc4nn(COCC[Si](C)(C)C)cc4s3)cc(F)c2n1. The van der Waals surface area contributed by atoms with E-state index < -0.39 is 8.07 Å². The molecule has 3 heterocycles. The predicted octanol–water partition coefficient (Wildman–Crippen LogP) is 5.10. The first kappa shape index (κ1) is 18.3. The Kier molecular flexibility index (Phi) is 4.65. The van der Waals surface area contributed by atoms with Gasteiger partial charge in [0.15, 0.2) is 5.82 Å². The van der Waals surface area contributed by atoms with Crippen molar-refractivity contribution >= 4 is 40.5 Å². The van der Waals surface area contributed by atoms with Crippen molar-refractivity contribution in [3.8, 4) is 10.4 Å². The normalized spacial score (nSPS) is 12.5. The Morgan fingerprint density at radius 1 is 1.15 bits per heavy atom. The van der Waals surface area contributed by atoms with E-state index in [2.05, 4.69) is 29.8 Å². The molecule has 0 bridgehead atoms. The van der Waals surface area contributed by atoms with E-state index in [0.717, 1.165) is 38.7 Å². The van der Waals surface area contributed by atoms with Crippen LogP contribution >= 0.6 is 11.3 Å². The molecule has 0 aliphatic rings. The van der Waals surface area contributed by atoms with E-state index in [1.165, 1.54) is 0 Å². The number of aromatic nitrogens is 4. The molecule has 1 aromatic carbocycles. The quantitative estimate of drug-likeness (QED) is 0.333. The summed E-state index contributed by atoms with van der Waals surface area (Å²) in [5.74, 6) is -0.296. The number of hydrogen-bond acceptors (Lipinski definition) is 4. The molecule has 27 heavy (non-hydrogen) atoms. The standard InChI is InChI=1S/C19H23FN4OSSi/c1-23-10-14-7-13(8-15(20)19(14)22-23)17-9-16-18(26-17)11-24(21-16)12-25-5-6-27(2,3)4/h7-11H,5-6,12H2,1-4H3. The van der Waals surface area contributed by atoms with E-state index >= 15 is 0 Å². The fourth-order valence-corrected chi connectivity index (χ4v) is 4.75. The third-order valence-electron chi connectivity index (χ3n) is 4.42. The Bertz CT molecular complexity index is 1080. The molecule has 0 radical (unpaired) electrons. The molecule has 4 rings (SSSR count). The first-order valence-corrected chi connectivity index (χ1v) is 13.5. The summed E-state index contributed by atoms with van der Waals surface area (Å²) in [4.78, 5) is 1.00. The third-order valence-corrected chi connectivity index (χ3v) is 7.24. The number of benzene rings is 1. The summed E-state index contributed by atoms with van der Waals surface area (Å²) in [5.41, 5.74) is 2.17. The van der Waals surface area contributed by atoms with Gasteiger partial charge >= 0.3 is 0 Å². The molecule has 0 aliphatic heterocycles. The van der Waals surface area contributed by atoms with Crippen LogP contribution in [-0.2, 0) is 18.5 Å². The maximum absolute atomic E-state index is 14.3. The molecule has 0 amide bonds. The first-order chi connectivity index (χ1) is 12.8. The second kappa shape index (κ2) is 6.85. The van der Waals surface area contributed by atoms with Gasteiger partial charge in [-0.2, -0.15) is 10.2 Å². The number of nitrogens with zero attached hydrogens (tertiary/aromatic N) is 4. The highest BCUT2D eigenvalue weighted by Gasteiger charge is 2.14. The molecule has 8 heteroatoms. The monoisotopic (exact) mass is 402 g/mol. The minimum absolute atomic E-state index is 0.296. The Morgan fingerprint density at radius 2 is 1.96 bits per heavy atom. The van der Waals surface area contributed by atoms with E-state index in [-0.39, 0.29) is 5.82 Å². The van der Waals surface area contributed by atoms with Gasteiger partial charge in [-0.15, -0.1) is 11.3 Å². The molecular weight excluding hydrogens is 379 g/mol. The van der Waals surface area contributed by atoms with Gasteiger partial charge in [0.2, 0.25) is 0 Å². The lowest BCUT2D eigenvalue weighted by Crippen LogP contribution is -2.22. The highest BCUT2D eigenvalue weighted by atomic mass is 32.1. The van der Waals surface area contributed by atoms with Crippen LogP contribution in [0.5, 0.6) is 0 Å². The van der Waals surface area contributed by atoms with Crippen LogP contribution < -0.4 is 0 Å². The summed E-state index contributed by atoms with van der Waals surface area (Å²) >= 11 is 1.61. The zero-order chi connectivity index (χ0) is 19.2. The molecule has 3 aromatic heterocycles. The van der Waals surface area contributed by atoms with Crippen molar-refractivity contribution in [2.24, 2.45) is 7.05 Å².